The third kappa shape index (κ3) is 3.83. The Kier molecular flexibility index (Phi) is 4.58. The van der Waals surface area contributed by atoms with Crippen molar-refractivity contribution in [1.29, 1.82) is 0 Å². The third-order valence-electron chi connectivity index (χ3n) is 2.46. The Labute approximate surface area is 117 Å². The largest absolute Gasteiger partial charge is 0.478 e. The average Bonchev–Trinajstić information content (AvgIpc) is 2.38. The Morgan fingerprint density at radius 1 is 1.26 bits per heavy atom. The van der Waals surface area contributed by atoms with Crippen molar-refractivity contribution in [3.63, 3.8) is 0 Å². The molecule has 0 spiro atoms. The van der Waals surface area contributed by atoms with Crippen LogP contribution in [0.2, 0.25) is 0 Å². The first-order chi connectivity index (χ1) is 9.21. The van der Waals surface area contributed by atoms with Crippen LogP contribution in [-0.2, 0) is 5.88 Å². The van der Waals surface area contributed by atoms with Gasteiger partial charge in [0, 0.05) is 23.3 Å². The van der Waals surface area contributed by atoms with Crippen LogP contribution in [0, 0.1) is 6.92 Å². The Bertz CT molecular complexity index is 560. The van der Waals surface area contributed by atoms with Crippen molar-refractivity contribution in [2.24, 2.45) is 0 Å². The summed E-state index contributed by atoms with van der Waals surface area (Å²) in [7, 11) is 0. The van der Waals surface area contributed by atoms with Crippen LogP contribution < -0.4 is 10.1 Å². The van der Waals surface area contributed by atoms with E-state index in [-0.39, 0.29) is 0 Å². The lowest BCUT2D eigenvalue weighted by atomic mass is 10.2. The molecular weight excluding hydrogens is 262 g/mol. The van der Waals surface area contributed by atoms with Crippen molar-refractivity contribution in [2.75, 3.05) is 11.9 Å². The molecule has 1 aromatic heterocycles. The first-order valence-electron chi connectivity index (χ1n) is 6.11. The third-order valence-corrected chi connectivity index (χ3v) is 2.77. The highest BCUT2D eigenvalue weighted by molar-refractivity contribution is 6.17. The second-order valence-electron chi connectivity index (χ2n) is 4.06. The maximum Gasteiger partial charge on any atom is 0.230 e. The van der Waals surface area contributed by atoms with Crippen molar-refractivity contribution < 1.29 is 4.74 Å². The normalized spacial score (nSPS) is 10.3. The maximum absolute atomic E-state index is 5.81. The van der Waals surface area contributed by atoms with Gasteiger partial charge in [-0.1, -0.05) is 12.1 Å². The minimum atomic E-state index is 0.481. The fourth-order valence-electron chi connectivity index (χ4n) is 1.68. The first-order valence-corrected chi connectivity index (χ1v) is 6.65. The van der Waals surface area contributed by atoms with E-state index in [4.69, 9.17) is 16.3 Å². The minimum Gasteiger partial charge on any atom is -0.478 e. The zero-order valence-corrected chi connectivity index (χ0v) is 11.7. The number of nitrogens with zero attached hydrogens (tertiary/aromatic N) is 2. The summed E-state index contributed by atoms with van der Waals surface area (Å²) in [5.74, 6) is 1.58. The standard InChI is InChI=1S/C14H16ClN3O/c1-3-19-13-7-10(2)16-14(18-13)17-12-6-4-5-11(8-12)9-15/h4-8H,3,9H2,1-2H3,(H,16,17,18). The number of ether oxygens (including phenoxy) is 1. The Balaban J connectivity index is 2.22. The molecule has 0 bridgehead atoms. The molecule has 0 saturated heterocycles. The molecule has 100 valence electrons. The molecule has 0 radical (unpaired) electrons. The zero-order chi connectivity index (χ0) is 13.7. The number of nitrogens with one attached hydrogen (secondary N) is 1. The molecule has 0 atom stereocenters. The fourth-order valence-corrected chi connectivity index (χ4v) is 1.84. The summed E-state index contributed by atoms with van der Waals surface area (Å²) < 4.78 is 5.40. The van der Waals surface area contributed by atoms with Crippen LogP contribution in [0.15, 0.2) is 30.3 Å². The van der Waals surface area contributed by atoms with Gasteiger partial charge < -0.3 is 10.1 Å². The minimum absolute atomic E-state index is 0.481. The van der Waals surface area contributed by atoms with Crippen molar-refractivity contribution in [3.05, 3.63) is 41.6 Å². The molecule has 0 aliphatic heterocycles. The Hall–Kier alpha value is -1.81. The van der Waals surface area contributed by atoms with Gasteiger partial charge in [0.1, 0.15) is 0 Å². The van der Waals surface area contributed by atoms with Gasteiger partial charge in [0.05, 0.1) is 6.61 Å². The fraction of sp³-hybridized carbons (Fsp3) is 0.286. The molecule has 0 aliphatic carbocycles. The van der Waals surface area contributed by atoms with Crippen LogP contribution in [0.5, 0.6) is 5.88 Å². The van der Waals surface area contributed by atoms with Crippen molar-refractivity contribution in [2.45, 2.75) is 19.7 Å². The number of rotatable bonds is 5. The molecule has 19 heavy (non-hydrogen) atoms. The summed E-state index contributed by atoms with van der Waals surface area (Å²) >= 11 is 5.81. The van der Waals surface area contributed by atoms with Gasteiger partial charge in [-0.15, -0.1) is 11.6 Å². The number of hydrogen-bond acceptors (Lipinski definition) is 4. The highest BCUT2D eigenvalue weighted by Gasteiger charge is 2.03. The summed E-state index contributed by atoms with van der Waals surface area (Å²) in [5, 5.41) is 3.16. The van der Waals surface area contributed by atoms with Gasteiger partial charge in [-0.3, -0.25) is 0 Å². The molecule has 5 heteroatoms. The Morgan fingerprint density at radius 3 is 2.84 bits per heavy atom. The van der Waals surface area contributed by atoms with Crippen LogP contribution >= 0.6 is 11.6 Å². The monoisotopic (exact) mass is 277 g/mol. The summed E-state index contributed by atoms with van der Waals surface area (Å²) in [4.78, 5) is 8.63. The van der Waals surface area contributed by atoms with E-state index in [0.717, 1.165) is 16.9 Å². The second kappa shape index (κ2) is 6.38. The van der Waals surface area contributed by atoms with E-state index in [0.29, 0.717) is 24.3 Å². The maximum atomic E-state index is 5.81. The number of halogens is 1. The molecule has 2 aromatic rings. The number of alkyl halides is 1. The van der Waals surface area contributed by atoms with E-state index < -0.39 is 0 Å². The van der Waals surface area contributed by atoms with E-state index in [9.17, 15) is 0 Å². The van der Waals surface area contributed by atoms with E-state index in [1.54, 1.807) is 0 Å². The van der Waals surface area contributed by atoms with Gasteiger partial charge >= 0.3 is 0 Å². The molecule has 0 amide bonds. The quantitative estimate of drug-likeness (QED) is 0.847. The van der Waals surface area contributed by atoms with Gasteiger partial charge in [0.15, 0.2) is 0 Å². The van der Waals surface area contributed by atoms with Crippen molar-refractivity contribution >= 4 is 23.2 Å². The van der Waals surface area contributed by atoms with E-state index >= 15 is 0 Å². The summed E-state index contributed by atoms with van der Waals surface area (Å²) in [6.07, 6.45) is 0. The van der Waals surface area contributed by atoms with Crippen LogP contribution in [0.25, 0.3) is 0 Å². The molecular formula is C14H16ClN3O. The molecule has 0 aliphatic rings. The second-order valence-corrected chi connectivity index (χ2v) is 4.33. The topological polar surface area (TPSA) is 47.0 Å². The van der Waals surface area contributed by atoms with Gasteiger partial charge in [0.25, 0.3) is 0 Å². The van der Waals surface area contributed by atoms with E-state index in [1.165, 1.54) is 0 Å². The number of aryl methyl sites for hydroxylation is 1. The summed E-state index contributed by atoms with van der Waals surface area (Å²) in [5.41, 5.74) is 2.81. The lowest BCUT2D eigenvalue weighted by Gasteiger charge is -2.09. The first kappa shape index (κ1) is 13.6. The van der Waals surface area contributed by atoms with Crippen LogP contribution in [0.4, 0.5) is 11.6 Å². The lowest BCUT2D eigenvalue weighted by Crippen LogP contribution is -2.02. The highest BCUT2D eigenvalue weighted by atomic mass is 35.5. The molecule has 1 aromatic carbocycles. The van der Waals surface area contributed by atoms with E-state index in [2.05, 4.69) is 15.3 Å². The number of aromatic nitrogens is 2. The SMILES string of the molecule is CCOc1cc(C)nc(Nc2cccc(CCl)c2)n1. The number of benzene rings is 1. The molecule has 1 N–H and O–H groups in total. The highest BCUT2D eigenvalue weighted by Crippen LogP contribution is 2.18. The van der Waals surface area contributed by atoms with Crippen LogP contribution in [0.3, 0.4) is 0 Å². The predicted octanol–water partition coefficient (Wildman–Crippen LogP) is 3.67. The van der Waals surface area contributed by atoms with Crippen LogP contribution in [0.1, 0.15) is 18.2 Å². The molecule has 0 saturated carbocycles. The van der Waals surface area contributed by atoms with Gasteiger partial charge in [-0.2, -0.15) is 4.98 Å². The lowest BCUT2D eigenvalue weighted by molar-refractivity contribution is 0.326. The van der Waals surface area contributed by atoms with Crippen LogP contribution in [-0.4, -0.2) is 16.6 Å². The van der Waals surface area contributed by atoms with Gasteiger partial charge in [-0.05, 0) is 31.5 Å². The van der Waals surface area contributed by atoms with Crippen molar-refractivity contribution in [3.8, 4) is 5.88 Å². The molecule has 1 heterocycles. The Morgan fingerprint density at radius 2 is 2.11 bits per heavy atom. The molecule has 0 fully saturated rings. The smallest absolute Gasteiger partial charge is 0.230 e. The summed E-state index contributed by atoms with van der Waals surface area (Å²) in [6, 6.07) is 9.64. The molecule has 4 nitrogen and oxygen atoms in total. The number of anilines is 2. The predicted molar refractivity (Wildman–Crippen MR) is 77.2 cm³/mol. The van der Waals surface area contributed by atoms with Gasteiger partial charge in [0.2, 0.25) is 11.8 Å². The molecule has 0 unspecified atom stereocenters. The van der Waals surface area contributed by atoms with E-state index in [1.807, 2.05) is 44.2 Å². The molecule has 2 rings (SSSR count). The average molecular weight is 278 g/mol. The number of hydrogen-bond donors (Lipinski definition) is 1. The zero-order valence-electron chi connectivity index (χ0n) is 11.0. The summed E-state index contributed by atoms with van der Waals surface area (Å²) in [6.45, 7) is 4.41. The van der Waals surface area contributed by atoms with Gasteiger partial charge in [-0.25, -0.2) is 4.98 Å². The van der Waals surface area contributed by atoms with Crippen molar-refractivity contribution in [1.82, 2.24) is 9.97 Å².